The molecule has 1 amide bonds. The number of hydrogen-bond donors (Lipinski definition) is 1. The Morgan fingerprint density at radius 3 is 2.48 bits per heavy atom. The molecule has 3 fully saturated rings. The summed E-state index contributed by atoms with van der Waals surface area (Å²) in [5.74, 6) is -0.457. The fourth-order valence-electron chi connectivity index (χ4n) is 3.30. The maximum absolute atomic E-state index is 12.5. The average Bonchev–Trinajstić information content (AvgIpc) is 2.36. The van der Waals surface area contributed by atoms with E-state index >= 15 is 0 Å². The summed E-state index contributed by atoms with van der Waals surface area (Å²) in [5.41, 5.74) is -0.641. The zero-order chi connectivity index (χ0) is 15.8. The van der Waals surface area contributed by atoms with Crippen LogP contribution in [0.2, 0.25) is 0 Å². The number of piperidine rings is 2. The highest BCUT2D eigenvalue weighted by Crippen LogP contribution is 2.41. The Bertz CT molecular complexity index is 417. The van der Waals surface area contributed by atoms with E-state index in [1.54, 1.807) is 27.7 Å². The third-order valence-corrected chi connectivity index (χ3v) is 4.06. The van der Waals surface area contributed by atoms with Crippen molar-refractivity contribution >= 4 is 12.1 Å². The highest BCUT2D eigenvalue weighted by atomic mass is 16.6. The Kier molecular flexibility index (Phi) is 4.46. The Hall–Kier alpha value is -1.30. The van der Waals surface area contributed by atoms with Crippen molar-refractivity contribution in [2.45, 2.75) is 70.7 Å². The van der Waals surface area contributed by atoms with Crippen molar-refractivity contribution < 1.29 is 24.2 Å². The topological polar surface area (TPSA) is 76.1 Å². The van der Waals surface area contributed by atoms with Crippen molar-refractivity contribution in [3.63, 3.8) is 0 Å². The van der Waals surface area contributed by atoms with Gasteiger partial charge in [0.15, 0.2) is 0 Å². The second kappa shape index (κ2) is 5.83. The van der Waals surface area contributed by atoms with Gasteiger partial charge in [-0.05, 0) is 52.9 Å². The van der Waals surface area contributed by atoms with Gasteiger partial charge in [-0.2, -0.15) is 0 Å². The van der Waals surface area contributed by atoms with E-state index in [0.29, 0.717) is 12.8 Å². The summed E-state index contributed by atoms with van der Waals surface area (Å²) in [4.78, 5) is 26.1. The van der Waals surface area contributed by atoms with E-state index in [9.17, 15) is 14.7 Å². The smallest absolute Gasteiger partial charge is 0.411 e. The Morgan fingerprint density at radius 1 is 1.29 bits per heavy atom. The van der Waals surface area contributed by atoms with E-state index in [1.807, 2.05) is 0 Å². The number of esters is 1. The second-order valence-corrected chi connectivity index (χ2v) is 6.79. The molecule has 0 radical (unpaired) electrons. The van der Waals surface area contributed by atoms with Crippen LogP contribution in [0.25, 0.3) is 0 Å². The Labute approximate surface area is 125 Å². The predicted molar refractivity (Wildman–Crippen MR) is 75.6 cm³/mol. The standard InChI is InChI=1S/C15H25NO5/c1-5-20-13(18)12-9-6-7-10(11(17)8-9)16(12)14(19)21-15(2,3)4/h9-12,17H,5-8H2,1-4H3. The fraction of sp³-hybridized carbons (Fsp3) is 0.867. The van der Waals surface area contributed by atoms with Crippen molar-refractivity contribution in [1.82, 2.24) is 4.90 Å². The fourth-order valence-corrected chi connectivity index (χ4v) is 3.30. The largest absolute Gasteiger partial charge is 0.464 e. The van der Waals surface area contributed by atoms with Gasteiger partial charge in [0.2, 0.25) is 0 Å². The van der Waals surface area contributed by atoms with Crippen LogP contribution in [-0.2, 0) is 14.3 Å². The monoisotopic (exact) mass is 299 g/mol. The van der Waals surface area contributed by atoms with Gasteiger partial charge in [-0.15, -0.1) is 0 Å². The van der Waals surface area contributed by atoms with Crippen LogP contribution in [0.4, 0.5) is 4.79 Å². The van der Waals surface area contributed by atoms with Gasteiger partial charge in [0, 0.05) is 0 Å². The zero-order valence-corrected chi connectivity index (χ0v) is 13.2. The van der Waals surface area contributed by atoms with Gasteiger partial charge in [-0.25, -0.2) is 9.59 Å². The average molecular weight is 299 g/mol. The normalized spacial score (nSPS) is 32.0. The number of fused-ring (bicyclic) bond motifs is 3. The van der Waals surface area contributed by atoms with Crippen LogP contribution < -0.4 is 0 Å². The molecule has 120 valence electrons. The quantitative estimate of drug-likeness (QED) is 0.785. The lowest BCUT2D eigenvalue weighted by atomic mass is 9.73. The van der Waals surface area contributed by atoms with Crippen molar-refractivity contribution in [2.24, 2.45) is 5.92 Å². The molecule has 2 aliphatic heterocycles. The molecule has 6 nitrogen and oxygen atoms in total. The summed E-state index contributed by atoms with van der Waals surface area (Å²) in [6.45, 7) is 7.36. The summed E-state index contributed by atoms with van der Waals surface area (Å²) in [6.07, 6.45) is 0.912. The molecule has 3 rings (SSSR count). The van der Waals surface area contributed by atoms with E-state index in [2.05, 4.69) is 0 Å². The number of aliphatic hydroxyl groups excluding tert-OH is 1. The number of hydrogen-bond acceptors (Lipinski definition) is 5. The highest BCUT2D eigenvalue weighted by Gasteiger charge is 2.53. The molecule has 2 saturated heterocycles. The molecule has 4 unspecified atom stereocenters. The Balaban J connectivity index is 2.24. The Morgan fingerprint density at radius 2 is 1.95 bits per heavy atom. The molecule has 1 N–H and O–H groups in total. The summed E-state index contributed by atoms with van der Waals surface area (Å²) in [6, 6.07) is -0.999. The van der Waals surface area contributed by atoms with E-state index in [-0.39, 0.29) is 18.6 Å². The van der Waals surface area contributed by atoms with Gasteiger partial charge in [0.1, 0.15) is 11.6 Å². The first kappa shape index (κ1) is 16.1. The zero-order valence-electron chi connectivity index (χ0n) is 13.2. The number of carbonyl (C=O) groups excluding carboxylic acids is 2. The lowest BCUT2D eigenvalue weighted by molar-refractivity contribution is -0.164. The van der Waals surface area contributed by atoms with Crippen LogP contribution in [0.3, 0.4) is 0 Å². The molecular formula is C15H25NO5. The van der Waals surface area contributed by atoms with Crippen molar-refractivity contribution in [2.75, 3.05) is 6.61 Å². The molecular weight excluding hydrogens is 274 g/mol. The maximum Gasteiger partial charge on any atom is 0.411 e. The van der Waals surface area contributed by atoms with Crippen molar-refractivity contribution in [3.05, 3.63) is 0 Å². The number of aliphatic hydroxyl groups is 1. The number of ether oxygens (including phenoxy) is 2. The number of amides is 1. The van der Waals surface area contributed by atoms with Gasteiger partial charge in [0.25, 0.3) is 0 Å². The molecule has 1 saturated carbocycles. The number of rotatable bonds is 2. The molecule has 4 atom stereocenters. The third kappa shape index (κ3) is 3.31. The molecule has 2 heterocycles. The van der Waals surface area contributed by atoms with Gasteiger partial charge in [-0.3, -0.25) is 4.90 Å². The lowest BCUT2D eigenvalue weighted by Crippen LogP contribution is -2.66. The SMILES string of the molecule is CCOC(=O)C1C2CCC(C(O)C2)N1C(=O)OC(C)(C)C. The molecule has 0 aromatic carbocycles. The van der Waals surface area contributed by atoms with E-state index in [4.69, 9.17) is 9.47 Å². The van der Waals surface area contributed by atoms with Crippen LogP contribution in [0.1, 0.15) is 47.0 Å². The first-order valence-corrected chi connectivity index (χ1v) is 7.60. The van der Waals surface area contributed by atoms with Gasteiger partial charge in [-0.1, -0.05) is 0 Å². The van der Waals surface area contributed by atoms with Gasteiger partial charge in [0.05, 0.1) is 18.8 Å². The van der Waals surface area contributed by atoms with Gasteiger partial charge >= 0.3 is 12.1 Å². The molecule has 1 aliphatic carbocycles. The molecule has 3 aliphatic rings. The first-order valence-electron chi connectivity index (χ1n) is 7.60. The van der Waals surface area contributed by atoms with Crippen LogP contribution in [0.5, 0.6) is 0 Å². The van der Waals surface area contributed by atoms with E-state index in [1.165, 1.54) is 4.90 Å². The minimum absolute atomic E-state index is 0.0587. The number of carbonyl (C=O) groups is 2. The van der Waals surface area contributed by atoms with Crippen LogP contribution in [-0.4, -0.2) is 52.5 Å². The first-order chi connectivity index (χ1) is 9.74. The van der Waals surface area contributed by atoms with E-state index < -0.39 is 29.8 Å². The van der Waals surface area contributed by atoms with Gasteiger partial charge < -0.3 is 14.6 Å². The second-order valence-electron chi connectivity index (χ2n) is 6.79. The summed E-state index contributed by atoms with van der Waals surface area (Å²) < 4.78 is 10.5. The van der Waals surface area contributed by atoms with Crippen LogP contribution >= 0.6 is 0 Å². The van der Waals surface area contributed by atoms with E-state index in [0.717, 1.165) is 6.42 Å². The summed E-state index contributed by atoms with van der Waals surface area (Å²) in [5, 5.41) is 10.1. The third-order valence-electron chi connectivity index (χ3n) is 4.06. The molecule has 0 spiro atoms. The minimum atomic E-state index is -0.641. The van der Waals surface area contributed by atoms with Crippen LogP contribution in [0, 0.1) is 5.92 Å². The lowest BCUT2D eigenvalue weighted by Gasteiger charge is -2.51. The molecule has 2 bridgehead atoms. The molecule has 0 aromatic heterocycles. The maximum atomic E-state index is 12.5. The molecule has 6 heteroatoms. The van der Waals surface area contributed by atoms with Crippen molar-refractivity contribution in [3.8, 4) is 0 Å². The van der Waals surface area contributed by atoms with Crippen molar-refractivity contribution in [1.29, 1.82) is 0 Å². The highest BCUT2D eigenvalue weighted by molar-refractivity contribution is 5.83. The van der Waals surface area contributed by atoms with Crippen LogP contribution in [0.15, 0.2) is 0 Å². The number of nitrogens with zero attached hydrogens (tertiary/aromatic N) is 1. The summed E-state index contributed by atoms with van der Waals surface area (Å²) in [7, 11) is 0. The molecule has 21 heavy (non-hydrogen) atoms. The predicted octanol–water partition coefficient (Wildman–Crippen LogP) is 1.70. The molecule has 0 aromatic rings. The summed E-state index contributed by atoms with van der Waals surface area (Å²) >= 11 is 0. The minimum Gasteiger partial charge on any atom is -0.464 e.